The molecule has 2 aromatic carbocycles. The Morgan fingerprint density at radius 1 is 1.25 bits per heavy atom. The Morgan fingerprint density at radius 3 is 2.61 bits per heavy atom. The average Bonchev–Trinajstić information content (AvgIpc) is 3.10. The molecule has 1 aliphatic heterocycles. The molecule has 2 aromatic rings. The molecule has 3 rings (SSSR count). The molecule has 1 unspecified atom stereocenters. The number of hydrogen-bond acceptors (Lipinski definition) is 4. The second kappa shape index (κ2) is 9.88. The molecule has 1 N–H and O–H groups in total. The summed E-state index contributed by atoms with van der Waals surface area (Å²) in [4.78, 5) is 25.6. The molecule has 142 valence electrons. The summed E-state index contributed by atoms with van der Waals surface area (Å²) in [5, 5.41) is 13.8. The third-order valence-corrected chi connectivity index (χ3v) is 4.95. The number of halogens is 1. The number of carboxylic acids is 1. The fraction of sp³-hybridized carbons (Fsp3) is 0.333. The van der Waals surface area contributed by atoms with Crippen molar-refractivity contribution in [3.05, 3.63) is 71.0 Å². The van der Waals surface area contributed by atoms with Crippen LogP contribution in [0.5, 0.6) is 0 Å². The molecule has 0 aliphatic carbocycles. The summed E-state index contributed by atoms with van der Waals surface area (Å²) in [6.45, 7) is 3.19. The Balaban J connectivity index is 0.00000280. The van der Waals surface area contributed by atoms with E-state index in [2.05, 4.69) is 10.2 Å². The van der Waals surface area contributed by atoms with Crippen molar-refractivity contribution in [1.29, 1.82) is 0 Å². The van der Waals surface area contributed by atoms with Crippen molar-refractivity contribution in [3.63, 3.8) is 0 Å². The number of rotatable bonds is 6. The monoisotopic (exact) mass is 376 g/mol. The predicted octanol–water partition coefficient (Wildman–Crippen LogP) is -0.965. The van der Waals surface area contributed by atoms with Gasteiger partial charge in [0.2, 0.25) is 5.91 Å². The Morgan fingerprint density at radius 2 is 1.96 bits per heavy atom. The number of benzene rings is 2. The number of hydrogen-bond donors (Lipinski definition) is 1. The van der Waals surface area contributed by atoms with E-state index >= 15 is 0 Å². The van der Waals surface area contributed by atoms with Crippen LogP contribution in [0.2, 0.25) is 0 Å². The van der Waals surface area contributed by atoms with Gasteiger partial charge in [-0.15, -0.1) is 0 Å². The molecule has 1 fully saturated rings. The van der Waals surface area contributed by atoms with Gasteiger partial charge in [-0.2, -0.15) is 0 Å². The maximum Gasteiger partial charge on any atom is 1.00 e. The first kappa shape index (κ1) is 22.2. The zero-order chi connectivity index (χ0) is 19.4. The minimum Gasteiger partial charge on any atom is -0.545 e. The van der Waals surface area contributed by atoms with Crippen molar-refractivity contribution in [2.45, 2.75) is 38.4 Å². The van der Waals surface area contributed by atoms with Crippen molar-refractivity contribution in [2.24, 2.45) is 0 Å². The van der Waals surface area contributed by atoms with Crippen LogP contribution in [0.4, 0.5) is 4.39 Å². The molecule has 7 heteroatoms. The third kappa shape index (κ3) is 5.45. The first-order chi connectivity index (χ1) is 12.9. The normalized spacial score (nSPS) is 17.6. The van der Waals surface area contributed by atoms with Crippen LogP contribution in [0.3, 0.4) is 0 Å². The molecule has 0 saturated carbocycles. The fourth-order valence-electron chi connectivity index (χ4n) is 3.48. The van der Waals surface area contributed by atoms with Gasteiger partial charge in [-0.1, -0.05) is 36.4 Å². The number of carboxylic acid groups (broad SMARTS) is 1. The summed E-state index contributed by atoms with van der Waals surface area (Å²) in [6.07, 6.45) is 1.68. The fourth-order valence-corrected chi connectivity index (χ4v) is 3.48. The van der Waals surface area contributed by atoms with Crippen molar-refractivity contribution in [3.8, 4) is 0 Å². The van der Waals surface area contributed by atoms with Gasteiger partial charge in [-0.25, -0.2) is 4.39 Å². The van der Waals surface area contributed by atoms with E-state index in [0.29, 0.717) is 6.54 Å². The Bertz CT molecular complexity index is 829. The average molecular weight is 376 g/mol. The molecular weight excluding hydrogens is 354 g/mol. The minimum absolute atomic E-state index is 0. The molecule has 1 amide bonds. The van der Waals surface area contributed by atoms with Gasteiger partial charge in [0.15, 0.2) is 0 Å². The maximum atomic E-state index is 13.4. The zero-order valence-corrected chi connectivity index (χ0v) is 16.2. The summed E-state index contributed by atoms with van der Waals surface area (Å²) >= 11 is 0. The van der Waals surface area contributed by atoms with Crippen molar-refractivity contribution in [2.75, 3.05) is 6.54 Å². The summed E-state index contributed by atoms with van der Waals surface area (Å²) in [6, 6.07) is 12.2. The molecule has 0 radical (unpaired) electrons. The minimum atomic E-state index is -1.22. The first-order valence-electron chi connectivity index (χ1n) is 9.04. The Labute approximate surface area is 176 Å². The standard InChI is InChI=1S/C21H23FN2O3.Li/c1-14(16-7-9-17(10-8-16)21(26)27)23-20(25)19-6-3-11-24(19)13-15-4-2-5-18(22)12-15;/h2,4-5,7-10,12,14,19H,3,6,11,13H2,1H3,(H,23,25)(H,26,27);/q;+1/p-1/t14-,19?;/m0./s1. The number of carbonyl (C=O) groups excluding carboxylic acids is 2. The summed E-state index contributed by atoms with van der Waals surface area (Å²) in [5.41, 5.74) is 1.78. The van der Waals surface area contributed by atoms with E-state index in [0.717, 1.165) is 30.5 Å². The SMILES string of the molecule is C[C@H](NC(=O)C1CCCN1Cc1cccc(F)c1)c1ccc(C(=O)[O-])cc1.[Li+]. The molecule has 2 atom stereocenters. The molecule has 0 aromatic heterocycles. The number of amides is 1. The van der Waals surface area contributed by atoms with Crippen molar-refractivity contribution in [1.82, 2.24) is 10.2 Å². The van der Waals surface area contributed by atoms with Gasteiger partial charge < -0.3 is 15.2 Å². The molecule has 28 heavy (non-hydrogen) atoms. The number of carbonyl (C=O) groups is 2. The molecule has 1 heterocycles. The van der Waals surface area contributed by atoms with Gasteiger partial charge >= 0.3 is 18.9 Å². The van der Waals surface area contributed by atoms with Crippen molar-refractivity contribution < 1.29 is 37.9 Å². The zero-order valence-electron chi connectivity index (χ0n) is 16.2. The Hall–Kier alpha value is -2.13. The molecule has 0 bridgehead atoms. The van der Waals surface area contributed by atoms with Gasteiger partial charge in [0.05, 0.1) is 18.1 Å². The molecule has 5 nitrogen and oxygen atoms in total. The van der Waals surface area contributed by atoms with E-state index in [1.54, 1.807) is 18.2 Å². The van der Waals surface area contributed by atoms with Gasteiger partial charge in [-0.3, -0.25) is 9.69 Å². The molecule has 1 saturated heterocycles. The quantitative estimate of drug-likeness (QED) is 0.659. The van der Waals surface area contributed by atoms with Crippen LogP contribution in [0.15, 0.2) is 48.5 Å². The van der Waals surface area contributed by atoms with E-state index in [4.69, 9.17) is 0 Å². The topological polar surface area (TPSA) is 72.5 Å². The number of likely N-dealkylation sites (tertiary alicyclic amines) is 1. The van der Waals surface area contributed by atoms with Gasteiger partial charge in [0.1, 0.15) is 5.82 Å². The van der Waals surface area contributed by atoms with Gasteiger partial charge in [0.25, 0.3) is 0 Å². The van der Waals surface area contributed by atoms with Crippen LogP contribution < -0.4 is 29.3 Å². The van der Waals surface area contributed by atoms with Crippen LogP contribution in [0.1, 0.15) is 47.3 Å². The molecular formula is C21H22FLiN2O3. The van der Waals surface area contributed by atoms with E-state index in [-0.39, 0.29) is 48.2 Å². The summed E-state index contributed by atoms with van der Waals surface area (Å²) < 4.78 is 13.4. The molecule has 1 aliphatic rings. The van der Waals surface area contributed by atoms with E-state index in [9.17, 15) is 19.1 Å². The second-order valence-electron chi connectivity index (χ2n) is 6.90. The largest absolute Gasteiger partial charge is 1.00 e. The predicted molar refractivity (Wildman–Crippen MR) is 97.2 cm³/mol. The van der Waals surface area contributed by atoms with Crippen LogP contribution in [-0.2, 0) is 11.3 Å². The van der Waals surface area contributed by atoms with Gasteiger partial charge in [-0.05, 0) is 55.1 Å². The number of aromatic carboxylic acids is 1. The molecule has 0 spiro atoms. The maximum absolute atomic E-state index is 13.4. The summed E-state index contributed by atoms with van der Waals surface area (Å²) in [7, 11) is 0. The second-order valence-corrected chi connectivity index (χ2v) is 6.90. The first-order valence-corrected chi connectivity index (χ1v) is 9.04. The van der Waals surface area contributed by atoms with E-state index in [1.165, 1.54) is 24.3 Å². The van der Waals surface area contributed by atoms with Crippen LogP contribution >= 0.6 is 0 Å². The van der Waals surface area contributed by atoms with E-state index < -0.39 is 5.97 Å². The van der Waals surface area contributed by atoms with Gasteiger partial charge in [0, 0.05) is 6.54 Å². The van der Waals surface area contributed by atoms with Crippen molar-refractivity contribution >= 4 is 11.9 Å². The number of nitrogens with zero attached hydrogens (tertiary/aromatic N) is 1. The van der Waals surface area contributed by atoms with E-state index in [1.807, 2.05) is 13.0 Å². The third-order valence-electron chi connectivity index (χ3n) is 4.95. The smallest absolute Gasteiger partial charge is 0.545 e. The van der Waals surface area contributed by atoms with Crippen LogP contribution in [0.25, 0.3) is 0 Å². The van der Waals surface area contributed by atoms with Crippen LogP contribution in [-0.4, -0.2) is 29.4 Å². The number of nitrogens with one attached hydrogen (secondary N) is 1. The Kier molecular flexibility index (Phi) is 7.82. The summed E-state index contributed by atoms with van der Waals surface area (Å²) in [5.74, 6) is -1.57. The van der Waals surface area contributed by atoms with Crippen LogP contribution in [0, 0.1) is 5.82 Å².